The van der Waals surface area contributed by atoms with Crippen LogP contribution in [0.15, 0.2) is 53.4 Å². The smallest absolute Gasteiger partial charge is 0.266 e. The molecular formula is C15H16N2O5S. The Morgan fingerprint density at radius 3 is 2.30 bits per heavy atom. The van der Waals surface area contributed by atoms with Crippen LogP contribution in [0.4, 0.5) is 0 Å². The van der Waals surface area contributed by atoms with Crippen molar-refractivity contribution in [1.82, 2.24) is 10.3 Å². The van der Waals surface area contributed by atoms with Gasteiger partial charge in [-0.25, -0.2) is 8.42 Å². The van der Waals surface area contributed by atoms with E-state index >= 15 is 0 Å². The quantitative estimate of drug-likeness (QED) is 0.776. The summed E-state index contributed by atoms with van der Waals surface area (Å²) < 4.78 is 34.8. The van der Waals surface area contributed by atoms with Crippen LogP contribution in [-0.4, -0.2) is 28.5 Å². The highest BCUT2D eigenvalue weighted by molar-refractivity contribution is 7.89. The van der Waals surface area contributed by atoms with Crippen LogP contribution in [0.3, 0.4) is 0 Å². The minimum Gasteiger partial charge on any atom is -0.497 e. The molecule has 23 heavy (non-hydrogen) atoms. The monoisotopic (exact) mass is 336 g/mol. The molecule has 2 aromatic carbocycles. The molecule has 0 radical (unpaired) electrons. The average Bonchev–Trinajstić information content (AvgIpc) is 2.59. The number of methoxy groups -OCH3 is 2. The van der Waals surface area contributed by atoms with Gasteiger partial charge in [0.2, 0.25) is 0 Å². The second-order valence-corrected chi connectivity index (χ2v) is 6.09. The lowest BCUT2D eigenvalue weighted by molar-refractivity contribution is 0.0945. The molecule has 7 nitrogen and oxygen atoms in total. The lowest BCUT2D eigenvalue weighted by Gasteiger charge is -2.12. The van der Waals surface area contributed by atoms with Crippen molar-refractivity contribution in [1.29, 1.82) is 0 Å². The third kappa shape index (κ3) is 3.99. The van der Waals surface area contributed by atoms with Gasteiger partial charge in [0.1, 0.15) is 16.4 Å². The van der Waals surface area contributed by atoms with Crippen LogP contribution in [0, 0.1) is 0 Å². The molecule has 8 heteroatoms. The summed E-state index contributed by atoms with van der Waals surface area (Å²) in [4.78, 5) is 13.8. The third-order valence-electron chi connectivity index (χ3n) is 3.00. The van der Waals surface area contributed by atoms with Gasteiger partial charge in [-0.3, -0.25) is 10.2 Å². The maximum absolute atomic E-state index is 12.4. The van der Waals surface area contributed by atoms with E-state index in [1.807, 2.05) is 4.83 Å². The fourth-order valence-electron chi connectivity index (χ4n) is 1.82. The Hall–Kier alpha value is -2.58. The molecule has 2 rings (SSSR count). The van der Waals surface area contributed by atoms with Crippen molar-refractivity contribution in [2.24, 2.45) is 0 Å². The van der Waals surface area contributed by atoms with E-state index < -0.39 is 15.9 Å². The molecule has 0 aliphatic heterocycles. The Bertz CT molecular complexity index is 791. The number of amides is 1. The van der Waals surface area contributed by atoms with Crippen molar-refractivity contribution in [3.63, 3.8) is 0 Å². The molecule has 1 amide bonds. The summed E-state index contributed by atoms with van der Waals surface area (Å²) in [7, 11) is -1.26. The zero-order valence-electron chi connectivity index (χ0n) is 12.6. The van der Waals surface area contributed by atoms with Crippen molar-refractivity contribution in [3.8, 4) is 11.5 Å². The summed E-state index contributed by atoms with van der Waals surface area (Å²) in [5.74, 6) is -0.0936. The Labute approximate surface area is 134 Å². The number of hydrogen-bond acceptors (Lipinski definition) is 5. The summed E-state index contributed by atoms with van der Waals surface area (Å²) in [6, 6.07) is 12.6. The molecule has 0 aromatic heterocycles. The topological polar surface area (TPSA) is 93.7 Å². The van der Waals surface area contributed by atoms with E-state index in [-0.39, 0.29) is 10.6 Å². The molecule has 0 heterocycles. The number of hydrogen-bond donors (Lipinski definition) is 2. The Kier molecular flexibility index (Phi) is 5.20. The van der Waals surface area contributed by atoms with Gasteiger partial charge in [0.05, 0.1) is 14.2 Å². The van der Waals surface area contributed by atoms with E-state index in [0.29, 0.717) is 11.3 Å². The van der Waals surface area contributed by atoms with E-state index in [1.54, 1.807) is 36.4 Å². The van der Waals surface area contributed by atoms with E-state index in [0.717, 1.165) is 0 Å². The predicted octanol–water partition coefficient (Wildman–Crippen LogP) is 1.33. The highest BCUT2D eigenvalue weighted by atomic mass is 32.2. The van der Waals surface area contributed by atoms with E-state index in [2.05, 4.69) is 5.43 Å². The van der Waals surface area contributed by atoms with Gasteiger partial charge in [-0.1, -0.05) is 18.2 Å². The minimum atomic E-state index is -4.03. The van der Waals surface area contributed by atoms with E-state index in [9.17, 15) is 13.2 Å². The molecule has 122 valence electrons. The van der Waals surface area contributed by atoms with Gasteiger partial charge < -0.3 is 9.47 Å². The maximum Gasteiger partial charge on any atom is 0.266 e. The molecule has 0 aliphatic rings. The second kappa shape index (κ2) is 7.12. The van der Waals surface area contributed by atoms with Crippen molar-refractivity contribution in [2.45, 2.75) is 4.90 Å². The fourth-order valence-corrected chi connectivity index (χ4v) is 2.85. The molecule has 2 aromatic rings. The highest BCUT2D eigenvalue weighted by Crippen LogP contribution is 2.27. The first-order valence-corrected chi connectivity index (χ1v) is 8.05. The molecule has 0 atom stereocenters. The van der Waals surface area contributed by atoms with Crippen molar-refractivity contribution in [3.05, 3.63) is 54.1 Å². The van der Waals surface area contributed by atoms with Crippen LogP contribution in [-0.2, 0) is 10.0 Å². The summed E-state index contributed by atoms with van der Waals surface area (Å²) in [6.45, 7) is 0. The van der Waals surface area contributed by atoms with Gasteiger partial charge in [-0.05, 0) is 24.3 Å². The number of sulfonamides is 1. The normalized spacial score (nSPS) is 10.9. The average molecular weight is 336 g/mol. The van der Waals surface area contributed by atoms with Crippen LogP contribution >= 0.6 is 0 Å². The van der Waals surface area contributed by atoms with Gasteiger partial charge >= 0.3 is 0 Å². The molecule has 0 fully saturated rings. The first-order valence-electron chi connectivity index (χ1n) is 6.57. The van der Waals surface area contributed by atoms with Gasteiger partial charge in [0, 0.05) is 11.6 Å². The molecule has 2 N–H and O–H groups in total. The Morgan fingerprint density at radius 2 is 1.70 bits per heavy atom. The minimum absolute atomic E-state index is 0.132. The summed E-state index contributed by atoms with van der Waals surface area (Å²) in [5.41, 5.74) is 2.48. The number of carbonyl (C=O) groups excluding carboxylic acids is 1. The molecule has 0 saturated carbocycles. The van der Waals surface area contributed by atoms with Gasteiger partial charge in [-0.2, -0.15) is 0 Å². The van der Waals surface area contributed by atoms with Crippen molar-refractivity contribution in [2.75, 3.05) is 14.2 Å². The SMILES string of the molecule is COc1ccc(OC)c(S(=O)(=O)NNC(=O)c2ccccc2)c1. The molecule has 0 saturated heterocycles. The van der Waals surface area contributed by atoms with Crippen LogP contribution in [0.25, 0.3) is 0 Å². The standard InChI is InChI=1S/C15H16N2O5S/c1-21-12-8-9-13(22-2)14(10-12)23(19,20)17-16-15(18)11-6-4-3-5-7-11/h3-10,17H,1-2H3,(H,16,18). The Morgan fingerprint density at radius 1 is 1.00 bits per heavy atom. The van der Waals surface area contributed by atoms with E-state index in [4.69, 9.17) is 9.47 Å². The largest absolute Gasteiger partial charge is 0.497 e. The molecular weight excluding hydrogens is 320 g/mol. The number of rotatable bonds is 6. The van der Waals surface area contributed by atoms with Gasteiger partial charge in [0.25, 0.3) is 15.9 Å². The zero-order valence-corrected chi connectivity index (χ0v) is 13.4. The predicted molar refractivity (Wildman–Crippen MR) is 83.8 cm³/mol. The van der Waals surface area contributed by atoms with Crippen molar-refractivity contribution >= 4 is 15.9 Å². The molecule has 0 unspecified atom stereocenters. The van der Waals surface area contributed by atoms with Crippen molar-refractivity contribution < 1.29 is 22.7 Å². The zero-order chi connectivity index (χ0) is 16.9. The first-order chi connectivity index (χ1) is 11.0. The summed E-state index contributed by atoms with van der Waals surface area (Å²) >= 11 is 0. The van der Waals surface area contributed by atoms with Crippen LogP contribution in [0.5, 0.6) is 11.5 Å². The Balaban J connectivity index is 2.21. The number of nitrogens with one attached hydrogen (secondary N) is 2. The summed E-state index contributed by atoms with van der Waals surface area (Å²) in [6.07, 6.45) is 0. The lowest BCUT2D eigenvalue weighted by Crippen LogP contribution is -2.41. The fraction of sp³-hybridized carbons (Fsp3) is 0.133. The van der Waals surface area contributed by atoms with Gasteiger partial charge in [-0.15, -0.1) is 4.83 Å². The van der Waals surface area contributed by atoms with E-state index in [1.165, 1.54) is 26.4 Å². The number of carbonyl (C=O) groups is 1. The lowest BCUT2D eigenvalue weighted by atomic mass is 10.2. The number of ether oxygens (including phenoxy) is 2. The van der Waals surface area contributed by atoms with Gasteiger partial charge in [0.15, 0.2) is 0 Å². The molecule has 0 bridgehead atoms. The summed E-state index contributed by atoms with van der Waals surface area (Å²) in [5, 5.41) is 0. The molecule has 0 spiro atoms. The first kappa shape index (κ1) is 16.8. The van der Waals surface area contributed by atoms with Crippen LogP contribution in [0.2, 0.25) is 0 Å². The number of hydrazine groups is 1. The molecule has 0 aliphatic carbocycles. The van der Waals surface area contributed by atoms with Crippen LogP contribution < -0.4 is 19.7 Å². The highest BCUT2D eigenvalue weighted by Gasteiger charge is 2.21. The van der Waals surface area contributed by atoms with Crippen LogP contribution in [0.1, 0.15) is 10.4 Å². The number of benzene rings is 2. The third-order valence-corrected chi connectivity index (χ3v) is 4.26. The maximum atomic E-state index is 12.4. The second-order valence-electron chi connectivity index (χ2n) is 4.44.